The van der Waals surface area contributed by atoms with Crippen molar-refractivity contribution in [2.45, 2.75) is 0 Å². The third kappa shape index (κ3) is 3.49. The molecule has 2 amide bonds. The van der Waals surface area contributed by atoms with E-state index in [2.05, 4.69) is 10.7 Å². The van der Waals surface area contributed by atoms with E-state index in [4.69, 9.17) is 23.2 Å². The van der Waals surface area contributed by atoms with Crippen molar-refractivity contribution in [1.29, 1.82) is 0 Å². The predicted octanol–water partition coefficient (Wildman–Crippen LogP) is 3.15. The van der Waals surface area contributed by atoms with Gasteiger partial charge in [-0.15, -0.1) is 0 Å². The SMILES string of the molecule is O=C(Nc1ccc(Cl)c(Cl)c1)Nn1c(=O)c(=O)cc(O)c2ccccc21. The molecule has 0 aliphatic carbocycles. The summed E-state index contributed by atoms with van der Waals surface area (Å²) >= 11 is 11.7. The van der Waals surface area contributed by atoms with E-state index in [0.29, 0.717) is 10.7 Å². The first-order chi connectivity index (χ1) is 12.4. The number of halogens is 2. The number of anilines is 1. The first-order valence-electron chi connectivity index (χ1n) is 7.28. The van der Waals surface area contributed by atoms with Gasteiger partial charge in [0, 0.05) is 17.1 Å². The monoisotopic (exact) mass is 391 g/mol. The van der Waals surface area contributed by atoms with E-state index in [0.717, 1.165) is 10.7 Å². The highest BCUT2D eigenvalue weighted by Gasteiger charge is 2.11. The Balaban J connectivity index is 2.03. The number of fused-ring (bicyclic) bond motifs is 1. The zero-order valence-electron chi connectivity index (χ0n) is 13.0. The van der Waals surface area contributed by atoms with Crippen molar-refractivity contribution in [2.75, 3.05) is 10.7 Å². The lowest BCUT2D eigenvalue weighted by molar-refractivity contribution is 0.260. The third-order valence-electron chi connectivity index (χ3n) is 3.49. The molecule has 0 atom stereocenters. The minimum atomic E-state index is -1.02. The second-order valence-corrected chi connectivity index (χ2v) is 6.06. The van der Waals surface area contributed by atoms with Gasteiger partial charge in [0.1, 0.15) is 5.75 Å². The number of para-hydroxylation sites is 1. The molecule has 1 heterocycles. The van der Waals surface area contributed by atoms with Gasteiger partial charge in [0.05, 0.1) is 15.6 Å². The van der Waals surface area contributed by atoms with Crippen LogP contribution in [0.15, 0.2) is 58.1 Å². The van der Waals surface area contributed by atoms with E-state index in [1.165, 1.54) is 30.3 Å². The Kier molecular flexibility index (Phi) is 4.83. The number of nitrogens with zero attached hydrogens (tertiary/aromatic N) is 1. The molecule has 7 nitrogen and oxygen atoms in total. The molecule has 0 saturated carbocycles. The second kappa shape index (κ2) is 7.07. The Morgan fingerprint density at radius 1 is 1.00 bits per heavy atom. The number of aromatic hydroxyl groups is 1. The minimum absolute atomic E-state index is 0.154. The number of carbonyl (C=O) groups is 1. The van der Waals surface area contributed by atoms with E-state index in [1.54, 1.807) is 12.1 Å². The maximum absolute atomic E-state index is 12.3. The van der Waals surface area contributed by atoms with E-state index in [-0.39, 0.29) is 21.7 Å². The molecule has 0 spiro atoms. The normalized spacial score (nSPS) is 10.5. The molecule has 9 heteroatoms. The lowest BCUT2D eigenvalue weighted by atomic mass is 10.2. The molecule has 0 unspecified atom stereocenters. The van der Waals surface area contributed by atoms with Crippen LogP contribution in [0, 0.1) is 0 Å². The fraction of sp³-hybridized carbons (Fsp3) is 0. The number of urea groups is 1. The van der Waals surface area contributed by atoms with Crippen molar-refractivity contribution in [1.82, 2.24) is 4.68 Å². The van der Waals surface area contributed by atoms with E-state index in [9.17, 15) is 19.5 Å². The van der Waals surface area contributed by atoms with Gasteiger partial charge in [-0.25, -0.2) is 14.9 Å². The van der Waals surface area contributed by atoms with E-state index >= 15 is 0 Å². The van der Waals surface area contributed by atoms with Gasteiger partial charge in [0.2, 0.25) is 5.43 Å². The second-order valence-electron chi connectivity index (χ2n) is 5.25. The maximum atomic E-state index is 12.3. The molecule has 2 aromatic carbocycles. The van der Waals surface area contributed by atoms with E-state index in [1.807, 2.05) is 0 Å². The fourth-order valence-corrected chi connectivity index (χ4v) is 2.61. The van der Waals surface area contributed by atoms with Crippen LogP contribution in [0.4, 0.5) is 10.5 Å². The summed E-state index contributed by atoms with van der Waals surface area (Å²) in [5, 5.41) is 13.2. The highest BCUT2D eigenvalue weighted by Crippen LogP contribution is 2.25. The molecule has 0 aliphatic rings. The average Bonchev–Trinajstić information content (AvgIpc) is 2.69. The standard InChI is InChI=1S/C17H11Cl2N3O4/c18-11-6-5-9(7-12(11)19)20-17(26)21-22-13-4-2-1-3-10(13)14(23)8-15(24)16(22)25/h1-8,23H,(H2,20,21,26). The van der Waals surface area contributed by atoms with E-state index < -0.39 is 17.0 Å². The predicted molar refractivity (Wildman–Crippen MR) is 101 cm³/mol. The van der Waals surface area contributed by atoms with Crippen LogP contribution in [0.3, 0.4) is 0 Å². The molecule has 3 N–H and O–H groups in total. The highest BCUT2D eigenvalue weighted by molar-refractivity contribution is 6.42. The molecule has 0 saturated heterocycles. The third-order valence-corrected chi connectivity index (χ3v) is 4.23. The number of hydrogen-bond acceptors (Lipinski definition) is 4. The van der Waals surface area contributed by atoms with Crippen LogP contribution >= 0.6 is 23.2 Å². The molecule has 26 heavy (non-hydrogen) atoms. The lowest BCUT2D eigenvalue weighted by Crippen LogP contribution is -2.40. The van der Waals surface area contributed by atoms with Crippen LogP contribution in [-0.2, 0) is 0 Å². The number of nitrogens with one attached hydrogen (secondary N) is 2. The minimum Gasteiger partial charge on any atom is -0.507 e. The van der Waals surface area contributed by atoms with Crippen molar-refractivity contribution >= 4 is 45.8 Å². The number of hydrogen-bond donors (Lipinski definition) is 3. The van der Waals surface area contributed by atoms with Gasteiger partial charge in [-0.2, -0.15) is 0 Å². The first kappa shape index (κ1) is 17.8. The zero-order chi connectivity index (χ0) is 18.8. The van der Waals surface area contributed by atoms with Crippen molar-refractivity contribution in [2.24, 2.45) is 0 Å². The van der Waals surface area contributed by atoms with Crippen LogP contribution in [0.25, 0.3) is 10.9 Å². The zero-order valence-corrected chi connectivity index (χ0v) is 14.5. The summed E-state index contributed by atoms with van der Waals surface area (Å²) < 4.78 is 0.768. The van der Waals surface area contributed by atoms with Crippen LogP contribution in [0.1, 0.15) is 0 Å². The van der Waals surface area contributed by atoms with Gasteiger partial charge in [0.15, 0.2) is 0 Å². The summed E-state index contributed by atoms with van der Waals surface area (Å²) in [6.45, 7) is 0. The molecule has 0 fully saturated rings. The number of rotatable bonds is 2. The number of benzene rings is 2. The highest BCUT2D eigenvalue weighted by atomic mass is 35.5. The van der Waals surface area contributed by atoms with Crippen molar-refractivity contribution in [3.8, 4) is 5.75 Å². The molecule has 132 valence electrons. The Bertz CT molecular complexity index is 1140. The summed E-state index contributed by atoms with van der Waals surface area (Å²) in [5.74, 6) is -0.367. The van der Waals surface area contributed by atoms with Crippen LogP contribution in [0.5, 0.6) is 5.75 Å². The lowest BCUT2D eigenvalue weighted by Gasteiger charge is -2.11. The molecule has 3 rings (SSSR count). The Hall–Kier alpha value is -3.03. The summed E-state index contributed by atoms with van der Waals surface area (Å²) in [7, 11) is 0. The number of aromatic nitrogens is 1. The molecule has 0 radical (unpaired) electrons. The van der Waals surface area contributed by atoms with Gasteiger partial charge < -0.3 is 10.4 Å². The summed E-state index contributed by atoms with van der Waals surface area (Å²) in [6, 6.07) is 10.7. The summed E-state index contributed by atoms with van der Waals surface area (Å²) in [6.07, 6.45) is 0. The van der Waals surface area contributed by atoms with Gasteiger partial charge in [-0.1, -0.05) is 35.3 Å². The van der Waals surface area contributed by atoms with Crippen LogP contribution in [0.2, 0.25) is 10.0 Å². The largest absolute Gasteiger partial charge is 0.507 e. The Morgan fingerprint density at radius 3 is 2.46 bits per heavy atom. The molecule has 0 bridgehead atoms. The average molecular weight is 392 g/mol. The smallest absolute Gasteiger partial charge is 0.338 e. The quantitative estimate of drug-likeness (QED) is 0.584. The van der Waals surface area contributed by atoms with Gasteiger partial charge in [-0.05, 0) is 30.3 Å². The molecule has 3 aromatic rings. The Labute approximate surface area is 156 Å². The molecular weight excluding hydrogens is 381 g/mol. The first-order valence-corrected chi connectivity index (χ1v) is 8.03. The number of amides is 2. The van der Waals surface area contributed by atoms with Crippen molar-refractivity contribution in [3.63, 3.8) is 0 Å². The van der Waals surface area contributed by atoms with Gasteiger partial charge >= 0.3 is 11.6 Å². The maximum Gasteiger partial charge on any atom is 0.338 e. The van der Waals surface area contributed by atoms with Gasteiger partial charge in [-0.3, -0.25) is 9.59 Å². The molecule has 1 aromatic heterocycles. The van der Waals surface area contributed by atoms with Crippen molar-refractivity contribution in [3.05, 3.63) is 79.2 Å². The number of carbonyl (C=O) groups excluding carboxylic acids is 1. The topological polar surface area (TPSA) is 100 Å². The summed E-state index contributed by atoms with van der Waals surface area (Å²) in [4.78, 5) is 36.4. The van der Waals surface area contributed by atoms with Crippen LogP contribution < -0.4 is 21.7 Å². The summed E-state index contributed by atoms with van der Waals surface area (Å²) in [5.41, 5.74) is 0.777. The van der Waals surface area contributed by atoms with Crippen LogP contribution in [-0.4, -0.2) is 15.8 Å². The molecular formula is C17H11Cl2N3O4. The molecule has 0 aliphatic heterocycles. The van der Waals surface area contributed by atoms with Crippen molar-refractivity contribution < 1.29 is 9.90 Å². The fourth-order valence-electron chi connectivity index (χ4n) is 2.31. The Morgan fingerprint density at radius 2 is 1.73 bits per heavy atom. The van der Waals surface area contributed by atoms with Gasteiger partial charge in [0.25, 0.3) is 0 Å².